The first kappa shape index (κ1) is 10.3. The quantitative estimate of drug-likeness (QED) is 0.616. The fraction of sp³-hybridized carbons (Fsp3) is 0.833. The molecule has 5 heteroatoms. The summed E-state index contributed by atoms with van der Waals surface area (Å²) in [5.74, 6) is -3.25. The molecular formula is C6H12F2N2O. The standard InChI is InChI=1S/C6H12F2N2O/c1-6(7,8)4-10-5(11)3-9-2/h9H,3-4H2,1-2H3,(H,10,11). The number of hydrogen-bond donors (Lipinski definition) is 2. The Hall–Kier alpha value is -0.710. The van der Waals surface area contributed by atoms with Crippen LogP contribution in [0.2, 0.25) is 0 Å². The third kappa shape index (κ3) is 7.18. The molecule has 0 aromatic heterocycles. The fourth-order valence-electron chi connectivity index (χ4n) is 0.477. The minimum Gasteiger partial charge on any atom is -0.349 e. The van der Waals surface area contributed by atoms with Gasteiger partial charge < -0.3 is 10.6 Å². The van der Waals surface area contributed by atoms with Crippen LogP contribution in [0.4, 0.5) is 8.78 Å². The monoisotopic (exact) mass is 166 g/mol. The van der Waals surface area contributed by atoms with Gasteiger partial charge in [0.1, 0.15) is 0 Å². The second kappa shape index (κ2) is 4.23. The van der Waals surface area contributed by atoms with Crippen LogP contribution in [0, 0.1) is 0 Å². The minimum atomic E-state index is -2.83. The van der Waals surface area contributed by atoms with Crippen molar-refractivity contribution in [1.29, 1.82) is 0 Å². The van der Waals surface area contributed by atoms with Crippen LogP contribution in [0.3, 0.4) is 0 Å². The van der Waals surface area contributed by atoms with Crippen LogP contribution in [0.15, 0.2) is 0 Å². The van der Waals surface area contributed by atoms with Crippen LogP contribution < -0.4 is 10.6 Å². The molecule has 0 heterocycles. The molecule has 0 atom stereocenters. The van der Waals surface area contributed by atoms with Gasteiger partial charge in [-0.05, 0) is 7.05 Å². The Morgan fingerprint density at radius 1 is 1.55 bits per heavy atom. The summed E-state index contributed by atoms with van der Waals surface area (Å²) >= 11 is 0. The van der Waals surface area contributed by atoms with Crippen LogP contribution in [0.25, 0.3) is 0 Å². The van der Waals surface area contributed by atoms with Crippen molar-refractivity contribution >= 4 is 5.91 Å². The number of amides is 1. The molecule has 0 rings (SSSR count). The summed E-state index contributed by atoms with van der Waals surface area (Å²) in [6, 6.07) is 0. The van der Waals surface area contributed by atoms with Gasteiger partial charge in [0.25, 0.3) is 5.92 Å². The number of likely N-dealkylation sites (N-methyl/N-ethyl adjacent to an activating group) is 1. The van der Waals surface area contributed by atoms with Crippen molar-refractivity contribution < 1.29 is 13.6 Å². The largest absolute Gasteiger partial charge is 0.349 e. The van der Waals surface area contributed by atoms with Gasteiger partial charge in [-0.25, -0.2) is 8.78 Å². The second-order valence-corrected chi connectivity index (χ2v) is 2.38. The van der Waals surface area contributed by atoms with Crippen LogP contribution in [0.1, 0.15) is 6.92 Å². The van der Waals surface area contributed by atoms with Crippen LogP contribution in [-0.2, 0) is 4.79 Å². The Labute approximate surface area is 64.2 Å². The van der Waals surface area contributed by atoms with Gasteiger partial charge in [-0.15, -0.1) is 0 Å². The van der Waals surface area contributed by atoms with Crippen molar-refractivity contribution in [1.82, 2.24) is 10.6 Å². The van der Waals surface area contributed by atoms with Crippen molar-refractivity contribution in [3.8, 4) is 0 Å². The van der Waals surface area contributed by atoms with Gasteiger partial charge in [-0.1, -0.05) is 0 Å². The lowest BCUT2D eigenvalue weighted by Crippen LogP contribution is -2.38. The Morgan fingerprint density at radius 3 is 2.45 bits per heavy atom. The Kier molecular flexibility index (Phi) is 3.95. The maximum absolute atomic E-state index is 12.1. The molecule has 0 aliphatic carbocycles. The minimum absolute atomic E-state index is 0.0656. The van der Waals surface area contributed by atoms with E-state index in [2.05, 4.69) is 10.6 Å². The van der Waals surface area contributed by atoms with E-state index in [4.69, 9.17) is 0 Å². The normalized spacial score (nSPS) is 11.3. The van der Waals surface area contributed by atoms with E-state index in [0.29, 0.717) is 0 Å². The molecule has 0 saturated carbocycles. The smallest absolute Gasteiger partial charge is 0.262 e. The first-order valence-electron chi connectivity index (χ1n) is 3.25. The zero-order chi connectivity index (χ0) is 8.91. The van der Waals surface area contributed by atoms with Gasteiger partial charge in [-0.3, -0.25) is 4.79 Å². The Morgan fingerprint density at radius 2 is 2.09 bits per heavy atom. The molecule has 3 nitrogen and oxygen atoms in total. The summed E-state index contributed by atoms with van der Waals surface area (Å²) in [6.07, 6.45) is 0. The van der Waals surface area contributed by atoms with Gasteiger partial charge in [0, 0.05) is 6.92 Å². The molecule has 11 heavy (non-hydrogen) atoms. The van der Waals surface area contributed by atoms with Crippen molar-refractivity contribution in [3.63, 3.8) is 0 Å². The summed E-state index contributed by atoms with van der Waals surface area (Å²) in [5, 5.41) is 4.62. The van der Waals surface area contributed by atoms with Crippen molar-refractivity contribution in [3.05, 3.63) is 0 Å². The fourth-order valence-corrected chi connectivity index (χ4v) is 0.477. The van der Waals surface area contributed by atoms with E-state index in [0.717, 1.165) is 6.92 Å². The van der Waals surface area contributed by atoms with Crippen LogP contribution in [-0.4, -0.2) is 32.0 Å². The molecular weight excluding hydrogens is 154 g/mol. The van der Waals surface area contributed by atoms with E-state index in [1.807, 2.05) is 0 Å². The Balaban J connectivity index is 3.46. The lowest BCUT2D eigenvalue weighted by atomic mass is 10.4. The molecule has 0 aliphatic heterocycles. The Bertz CT molecular complexity index is 133. The van der Waals surface area contributed by atoms with E-state index >= 15 is 0 Å². The summed E-state index contributed by atoms with van der Waals surface area (Å²) in [5.41, 5.74) is 0. The first-order valence-corrected chi connectivity index (χ1v) is 3.25. The van der Waals surface area contributed by atoms with E-state index in [-0.39, 0.29) is 6.54 Å². The molecule has 0 aliphatic rings. The number of nitrogens with one attached hydrogen (secondary N) is 2. The zero-order valence-electron chi connectivity index (χ0n) is 6.58. The van der Waals surface area contributed by atoms with Crippen molar-refractivity contribution in [2.75, 3.05) is 20.1 Å². The first-order chi connectivity index (χ1) is 4.95. The third-order valence-corrected chi connectivity index (χ3v) is 0.933. The average Bonchev–Trinajstić information content (AvgIpc) is 1.83. The number of carbonyl (C=O) groups is 1. The zero-order valence-corrected chi connectivity index (χ0v) is 6.58. The molecule has 0 saturated heterocycles. The predicted octanol–water partition coefficient (Wildman–Crippen LogP) is -0.0228. The van der Waals surface area contributed by atoms with E-state index in [1.165, 1.54) is 0 Å². The van der Waals surface area contributed by atoms with Crippen LogP contribution >= 0.6 is 0 Å². The highest BCUT2D eigenvalue weighted by Gasteiger charge is 2.21. The molecule has 1 amide bonds. The van der Waals surface area contributed by atoms with Crippen molar-refractivity contribution in [2.45, 2.75) is 12.8 Å². The number of alkyl halides is 2. The van der Waals surface area contributed by atoms with Gasteiger partial charge in [0.2, 0.25) is 5.91 Å². The van der Waals surface area contributed by atoms with Gasteiger partial charge in [0.05, 0.1) is 13.1 Å². The SMILES string of the molecule is CNCC(=O)NCC(C)(F)F. The molecule has 66 valence electrons. The summed E-state index contributed by atoms with van der Waals surface area (Å²) in [4.78, 5) is 10.6. The number of hydrogen-bond acceptors (Lipinski definition) is 2. The summed E-state index contributed by atoms with van der Waals surface area (Å²) in [6.45, 7) is 0.218. The highest BCUT2D eigenvalue weighted by atomic mass is 19.3. The molecule has 0 radical (unpaired) electrons. The molecule has 0 bridgehead atoms. The maximum atomic E-state index is 12.1. The van der Waals surface area contributed by atoms with E-state index < -0.39 is 18.4 Å². The van der Waals surface area contributed by atoms with E-state index in [1.54, 1.807) is 7.05 Å². The molecule has 0 aromatic carbocycles. The molecule has 0 spiro atoms. The summed E-state index contributed by atoms with van der Waals surface area (Å²) in [7, 11) is 1.57. The lowest BCUT2D eigenvalue weighted by molar-refractivity contribution is -0.121. The number of halogens is 2. The molecule has 0 fully saturated rings. The highest BCUT2D eigenvalue weighted by molar-refractivity contribution is 5.77. The average molecular weight is 166 g/mol. The topological polar surface area (TPSA) is 41.1 Å². The predicted molar refractivity (Wildman–Crippen MR) is 37.6 cm³/mol. The third-order valence-electron chi connectivity index (χ3n) is 0.933. The van der Waals surface area contributed by atoms with Crippen molar-refractivity contribution in [2.24, 2.45) is 0 Å². The van der Waals surface area contributed by atoms with Gasteiger partial charge in [-0.2, -0.15) is 0 Å². The molecule has 0 unspecified atom stereocenters. The van der Waals surface area contributed by atoms with Crippen LogP contribution in [0.5, 0.6) is 0 Å². The van der Waals surface area contributed by atoms with E-state index in [9.17, 15) is 13.6 Å². The second-order valence-electron chi connectivity index (χ2n) is 2.38. The maximum Gasteiger partial charge on any atom is 0.262 e. The number of rotatable bonds is 4. The molecule has 2 N–H and O–H groups in total. The summed E-state index contributed by atoms with van der Waals surface area (Å²) < 4.78 is 24.2. The highest BCUT2D eigenvalue weighted by Crippen LogP contribution is 2.08. The lowest BCUT2D eigenvalue weighted by Gasteiger charge is -2.10. The van der Waals surface area contributed by atoms with Gasteiger partial charge >= 0.3 is 0 Å². The number of carbonyl (C=O) groups excluding carboxylic acids is 1. The van der Waals surface area contributed by atoms with Gasteiger partial charge in [0.15, 0.2) is 0 Å². The molecule has 0 aromatic rings.